The molecule has 1 aromatic heterocycles. The van der Waals surface area contributed by atoms with Crippen LogP contribution in [0.1, 0.15) is 26.5 Å². The second kappa shape index (κ2) is 11.2. The molecule has 1 aromatic rings. The number of H-pyrrole nitrogens is 1. The van der Waals surface area contributed by atoms with Gasteiger partial charge in [-0.15, -0.1) is 0 Å². The van der Waals surface area contributed by atoms with Crippen molar-refractivity contribution in [2.24, 2.45) is 5.73 Å². The number of nitrogens with zero attached hydrogens (tertiary/aromatic N) is 1. The van der Waals surface area contributed by atoms with Gasteiger partial charge >= 0.3 is 5.97 Å². The number of carbonyl (C=O) groups is 4. The number of hydrogen-bond donors (Lipinski definition) is 8. The minimum Gasteiger partial charge on any atom is -0.480 e. The molecule has 0 bridgehead atoms. The van der Waals surface area contributed by atoms with Crippen LogP contribution in [0.2, 0.25) is 0 Å². The van der Waals surface area contributed by atoms with Gasteiger partial charge in [-0.25, -0.2) is 4.98 Å². The Kier molecular flexibility index (Phi) is 9.36. The van der Waals surface area contributed by atoms with E-state index < -0.39 is 60.1 Å². The highest BCUT2D eigenvalue weighted by molar-refractivity contribution is 5.94. The molecule has 0 aliphatic rings. The number of aliphatic hydroxyl groups is 2. The number of nitrogens with two attached hydrogens (primary N) is 1. The fourth-order valence-electron chi connectivity index (χ4n) is 2.34. The lowest BCUT2D eigenvalue weighted by atomic mass is 10.1. The molecular formula is C17H28N6O7. The van der Waals surface area contributed by atoms with Crippen molar-refractivity contribution >= 4 is 23.7 Å². The number of carboxylic acids is 1. The minimum atomic E-state index is -1.48. The third kappa shape index (κ3) is 7.42. The first-order valence-corrected chi connectivity index (χ1v) is 9.16. The molecule has 168 valence electrons. The average molecular weight is 428 g/mol. The molecule has 6 unspecified atom stereocenters. The van der Waals surface area contributed by atoms with Crippen molar-refractivity contribution in [2.45, 2.75) is 63.6 Å². The molecule has 30 heavy (non-hydrogen) atoms. The Morgan fingerprint density at radius 1 is 1.03 bits per heavy atom. The number of aromatic amines is 1. The lowest BCUT2D eigenvalue weighted by molar-refractivity contribution is -0.142. The highest BCUT2D eigenvalue weighted by Gasteiger charge is 2.32. The Bertz CT molecular complexity index is 737. The number of imidazole rings is 1. The number of aliphatic hydroxyl groups excluding tert-OH is 2. The van der Waals surface area contributed by atoms with E-state index in [-0.39, 0.29) is 6.42 Å². The van der Waals surface area contributed by atoms with Crippen LogP contribution >= 0.6 is 0 Å². The monoisotopic (exact) mass is 428 g/mol. The highest BCUT2D eigenvalue weighted by atomic mass is 16.4. The third-order valence-corrected chi connectivity index (χ3v) is 4.23. The number of aliphatic carboxylic acids is 1. The van der Waals surface area contributed by atoms with Crippen molar-refractivity contribution < 1.29 is 34.5 Å². The molecule has 3 amide bonds. The molecular weight excluding hydrogens is 400 g/mol. The summed E-state index contributed by atoms with van der Waals surface area (Å²) in [6.07, 6.45) is 0.172. The van der Waals surface area contributed by atoms with Crippen molar-refractivity contribution in [3.05, 3.63) is 18.2 Å². The number of nitrogens with one attached hydrogen (secondary N) is 4. The summed E-state index contributed by atoms with van der Waals surface area (Å²) in [5.74, 6) is -3.83. The first-order valence-electron chi connectivity index (χ1n) is 9.16. The zero-order valence-electron chi connectivity index (χ0n) is 16.8. The van der Waals surface area contributed by atoms with Gasteiger partial charge in [-0.1, -0.05) is 0 Å². The summed E-state index contributed by atoms with van der Waals surface area (Å²) >= 11 is 0. The van der Waals surface area contributed by atoms with Gasteiger partial charge in [-0.05, 0) is 20.8 Å². The average Bonchev–Trinajstić information content (AvgIpc) is 3.16. The maximum Gasteiger partial charge on any atom is 0.325 e. The molecule has 0 aliphatic carbocycles. The molecule has 1 rings (SSSR count). The maximum absolute atomic E-state index is 12.7. The summed E-state index contributed by atoms with van der Waals surface area (Å²) in [4.78, 5) is 54.8. The van der Waals surface area contributed by atoms with Gasteiger partial charge in [-0.3, -0.25) is 19.2 Å². The molecule has 6 atom stereocenters. The van der Waals surface area contributed by atoms with Gasteiger partial charge in [0.05, 0.1) is 18.5 Å². The summed E-state index contributed by atoms with van der Waals surface area (Å²) in [7, 11) is 0. The SMILES string of the molecule is CC(NC(=O)C(Cc1cnc[nH]1)NC(=O)C(NC(=O)C(N)C(C)O)C(C)O)C(=O)O. The van der Waals surface area contributed by atoms with E-state index in [2.05, 4.69) is 25.9 Å². The molecule has 0 radical (unpaired) electrons. The normalized spacial score (nSPS) is 17.0. The number of carboxylic acid groups (broad SMARTS) is 1. The van der Waals surface area contributed by atoms with Gasteiger partial charge in [0.1, 0.15) is 24.2 Å². The number of hydrogen-bond acceptors (Lipinski definition) is 8. The Morgan fingerprint density at radius 3 is 2.13 bits per heavy atom. The van der Waals surface area contributed by atoms with Crippen LogP contribution in [0.4, 0.5) is 0 Å². The first kappa shape index (κ1) is 25.0. The summed E-state index contributed by atoms with van der Waals surface area (Å²) in [5, 5.41) is 35.2. The summed E-state index contributed by atoms with van der Waals surface area (Å²) < 4.78 is 0. The molecule has 0 aromatic carbocycles. The van der Waals surface area contributed by atoms with Crippen LogP contribution in [0.25, 0.3) is 0 Å². The summed E-state index contributed by atoms with van der Waals surface area (Å²) in [6.45, 7) is 3.79. The molecule has 0 saturated heterocycles. The number of carbonyl (C=O) groups excluding carboxylic acids is 3. The van der Waals surface area contributed by atoms with Crippen molar-refractivity contribution in [1.29, 1.82) is 0 Å². The van der Waals surface area contributed by atoms with E-state index in [0.29, 0.717) is 5.69 Å². The fourth-order valence-corrected chi connectivity index (χ4v) is 2.34. The largest absolute Gasteiger partial charge is 0.480 e. The smallest absolute Gasteiger partial charge is 0.325 e. The molecule has 13 nitrogen and oxygen atoms in total. The number of amides is 3. The first-order chi connectivity index (χ1) is 13.9. The van der Waals surface area contributed by atoms with Crippen molar-refractivity contribution in [3.63, 3.8) is 0 Å². The zero-order chi connectivity index (χ0) is 23.0. The minimum absolute atomic E-state index is 0.0580. The number of rotatable bonds is 11. The second-order valence-electron chi connectivity index (χ2n) is 6.90. The highest BCUT2D eigenvalue weighted by Crippen LogP contribution is 2.03. The van der Waals surface area contributed by atoms with Crippen LogP contribution < -0.4 is 21.7 Å². The molecule has 13 heteroatoms. The molecule has 0 spiro atoms. The van der Waals surface area contributed by atoms with E-state index in [0.717, 1.165) is 0 Å². The molecule has 1 heterocycles. The molecule has 0 aliphatic heterocycles. The Hall–Kier alpha value is -3.03. The zero-order valence-corrected chi connectivity index (χ0v) is 16.8. The summed E-state index contributed by atoms with van der Waals surface area (Å²) in [5.41, 5.74) is 6.00. The number of aromatic nitrogens is 2. The standard InChI is InChI=1S/C17H28N6O7/c1-7(17(29)30)21-14(26)11(4-10-5-19-6-20-10)22-16(28)13(9(3)25)23-15(27)12(18)8(2)24/h5-9,11-13,24-25H,4,18H2,1-3H3,(H,19,20)(H,21,26)(H,22,28)(H,23,27)(H,29,30). The van der Waals surface area contributed by atoms with E-state index in [1.165, 1.54) is 33.3 Å². The molecule has 0 fully saturated rings. The lowest BCUT2D eigenvalue weighted by Gasteiger charge is -2.26. The van der Waals surface area contributed by atoms with Gasteiger partial charge in [0, 0.05) is 18.3 Å². The summed E-state index contributed by atoms with van der Waals surface area (Å²) in [6, 6.07) is -5.26. The maximum atomic E-state index is 12.7. The van der Waals surface area contributed by atoms with Gasteiger partial charge in [-0.2, -0.15) is 0 Å². The van der Waals surface area contributed by atoms with Gasteiger partial charge in [0.2, 0.25) is 17.7 Å². The van der Waals surface area contributed by atoms with Gasteiger partial charge < -0.3 is 42.0 Å². The quantitative estimate of drug-likeness (QED) is 0.176. The molecule has 0 saturated carbocycles. The predicted molar refractivity (Wildman–Crippen MR) is 103 cm³/mol. The predicted octanol–water partition coefficient (Wildman–Crippen LogP) is -3.40. The van der Waals surface area contributed by atoms with Crippen LogP contribution in [-0.2, 0) is 25.6 Å². The van der Waals surface area contributed by atoms with E-state index in [4.69, 9.17) is 10.8 Å². The van der Waals surface area contributed by atoms with Crippen LogP contribution in [0.3, 0.4) is 0 Å². The van der Waals surface area contributed by atoms with Crippen LogP contribution in [0.15, 0.2) is 12.5 Å². The lowest BCUT2D eigenvalue weighted by Crippen LogP contribution is -2.61. The van der Waals surface area contributed by atoms with E-state index in [9.17, 15) is 29.4 Å². The van der Waals surface area contributed by atoms with E-state index in [1.807, 2.05) is 0 Å². The van der Waals surface area contributed by atoms with E-state index in [1.54, 1.807) is 0 Å². The fraction of sp³-hybridized carbons (Fsp3) is 0.588. The Morgan fingerprint density at radius 2 is 1.67 bits per heavy atom. The van der Waals surface area contributed by atoms with Crippen LogP contribution in [0, 0.1) is 0 Å². The van der Waals surface area contributed by atoms with Crippen molar-refractivity contribution in [3.8, 4) is 0 Å². The van der Waals surface area contributed by atoms with E-state index >= 15 is 0 Å². The topological polar surface area (TPSA) is 220 Å². The van der Waals surface area contributed by atoms with Crippen LogP contribution in [0.5, 0.6) is 0 Å². The molecule has 9 N–H and O–H groups in total. The Balaban J connectivity index is 2.97. The third-order valence-electron chi connectivity index (χ3n) is 4.23. The Labute approximate surface area is 172 Å². The van der Waals surface area contributed by atoms with Crippen LogP contribution in [-0.4, -0.2) is 85.4 Å². The van der Waals surface area contributed by atoms with Gasteiger partial charge in [0.25, 0.3) is 0 Å². The second-order valence-corrected chi connectivity index (χ2v) is 6.90. The van der Waals surface area contributed by atoms with Crippen molar-refractivity contribution in [1.82, 2.24) is 25.9 Å². The van der Waals surface area contributed by atoms with Crippen molar-refractivity contribution in [2.75, 3.05) is 0 Å². The van der Waals surface area contributed by atoms with Gasteiger partial charge in [0.15, 0.2) is 0 Å².